The first-order valence-electron chi connectivity index (χ1n) is 11.2. The van der Waals surface area contributed by atoms with Crippen molar-refractivity contribution >= 4 is 17.4 Å². The van der Waals surface area contributed by atoms with Crippen LogP contribution in [-0.4, -0.2) is 32.5 Å². The van der Waals surface area contributed by atoms with Crippen LogP contribution in [0.3, 0.4) is 0 Å². The van der Waals surface area contributed by atoms with Crippen LogP contribution < -0.4 is 10.2 Å². The predicted molar refractivity (Wildman–Crippen MR) is 126 cm³/mol. The standard InChI is InChI=1S/C27H29FN2O3/c1-5-33-27(32)24-16(2)29-22-14-19(17-6-10-20(28)11-7-17)15-23(31)26(22)25(24)18-8-12-21(13-9-18)30(3)4/h6-13,19,25,29H,5,14-15H2,1-4H3/t19-,25+/m1/s1. The second kappa shape index (κ2) is 9.22. The first-order valence-corrected chi connectivity index (χ1v) is 11.2. The molecular weight excluding hydrogens is 419 g/mol. The topological polar surface area (TPSA) is 58.6 Å². The lowest BCUT2D eigenvalue weighted by molar-refractivity contribution is -0.138. The number of esters is 1. The molecule has 1 heterocycles. The summed E-state index contributed by atoms with van der Waals surface area (Å²) >= 11 is 0. The molecule has 0 spiro atoms. The van der Waals surface area contributed by atoms with Gasteiger partial charge in [-0.05, 0) is 61.6 Å². The Bertz CT molecular complexity index is 1130. The number of dihydropyridines is 1. The second-order valence-corrected chi connectivity index (χ2v) is 8.78. The van der Waals surface area contributed by atoms with Gasteiger partial charge in [-0.1, -0.05) is 24.3 Å². The van der Waals surface area contributed by atoms with Gasteiger partial charge in [0.25, 0.3) is 0 Å². The molecule has 5 nitrogen and oxygen atoms in total. The molecule has 33 heavy (non-hydrogen) atoms. The van der Waals surface area contributed by atoms with Crippen LogP contribution in [0.2, 0.25) is 0 Å². The van der Waals surface area contributed by atoms with Crippen LogP contribution in [0.1, 0.15) is 49.7 Å². The van der Waals surface area contributed by atoms with Crippen LogP contribution >= 0.6 is 0 Å². The summed E-state index contributed by atoms with van der Waals surface area (Å²) in [7, 11) is 3.93. The maximum absolute atomic E-state index is 13.5. The van der Waals surface area contributed by atoms with Crippen molar-refractivity contribution in [1.29, 1.82) is 0 Å². The third kappa shape index (κ3) is 4.42. The average molecular weight is 449 g/mol. The molecule has 0 aromatic heterocycles. The van der Waals surface area contributed by atoms with E-state index in [1.807, 2.05) is 50.2 Å². The number of carbonyl (C=O) groups is 2. The number of nitrogens with zero attached hydrogens (tertiary/aromatic N) is 1. The van der Waals surface area contributed by atoms with Crippen LogP contribution in [0.5, 0.6) is 0 Å². The van der Waals surface area contributed by atoms with E-state index in [1.165, 1.54) is 12.1 Å². The monoisotopic (exact) mass is 448 g/mol. The van der Waals surface area contributed by atoms with Gasteiger partial charge in [-0.3, -0.25) is 4.79 Å². The number of rotatable bonds is 5. The maximum atomic E-state index is 13.5. The summed E-state index contributed by atoms with van der Waals surface area (Å²) < 4.78 is 18.8. The van der Waals surface area contributed by atoms with Crippen LogP contribution in [-0.2, 0) is 14.3 Å². The molecule has 1 aliphatic carbocycles. The zero-order valence-electron chi connectivity index (χ0n) is 19.4. The van der Waals surface area contributed by atoms with Crippen LogP contribution in [0, 0.1) is 5.82 Å². The highest BCUT2D eigenvalue weighted by atomic mass is 19.1. The fourth-order valence-corrected chi connectivity index (χ4v) is 4.79. The van der Waals surface area contributed by atoms with Gasteiger partial charge in [-0.15, -0.1) is 0 Å². The number of allylic oxidation sites excluding steroid dienone is 3. The van der Waals surface area contributed by atoms with Gasteiger partial charge in [0.2, 0.25) is 0 Å². The minimum atomic E-state index is -0.488. The lowest BCUT2D eigenvalue weighted by Crippen LogP contribution is -2.36. The predicted octanol–water partition coefficient (Wildman–Crippen LogP) is 4.82. The Balaban J connectivity index is 1.78. The third-order valence-corrected chi connectivity index (χ3v) is 6.41. The van der Waals surface area contributed by atoms with Crippen molar-refractivity contribution in [3.05, 3.63) is 88.0 Å². The molecule has 0 amide bonds. The van der Waals surface area contributed by atoms with Crippen LogP contribution in [0.25, 0.3) is 0 Å². The van der Waals surface area contributed by atoms with Crippen molar-refractivity contribution in [2.75, 3.05) is 25.6 Å². The molecule has 0 bridgehead atoms. The Morgan fingerprint density at radius 3 is 2.30 bits per heavy atom. The van der Waals surface area contributed by atoms with Gasteiger partial charge in [-0.2, -0.15) is 0 Å². The van der Waals surface area contributed by atoms with E-state index in [-0.39, 0.29) is 24.1 Å². The summed E-state index contributed by atoms with van der Waals surface area (Å²) in [5, 5.41) is 3.33. The van der Waals surface area contributed by atoms with Gasteiger partial charge in [0.1, 0.15) is 5.82 Å². The maximum Gasteiger partial charge on any atom is 0.336 e. The highest BCUT2D eigenvalue weighted by Crippen LogP contribution is 2.45. The normalized spacial score (nSPS) is 20.3. The molecule has 6 heteroatoms. The molecule has 0 saturated heterocycles. The smallest absolute Gasteiger partial charge is 0.336 e. The molecule has 2 aliphatic rings. The van der Waals surface area contributed by atoms with E-state index in [4.69, 9.17) is 4.74 Å². The number of ketones is 1. The Morgan fingerprint density at radius 2 is 1.70 bits per heavy atom. The summed E-state index contributed by atoms with van der Waals surface area (Å²) in [5.41, 5.74) is 5.47. The molecule has 0 saturated carbocycles. The summed E-state index contributed by atoms with van der Waals surface area (Å²) in [4.78, 5) is 28.5. The van der Waals surface area contributed by atoms with Crippen molar-refractivity contribution in [2.24, 2.45) is 0 Å². The molecular formula is C27H29FN2O3. The largest absolute Gasteiger partial charge is 0.463 e. The van der Waals surface area contributed by atoms with Gasteiger partial charge in [-0.25, -0.2) is 9.18 Å². The lowest BCUT2D eigenvalue weighted by Gasteiger charge is -2.36. The molecule has 2 atom stereocenters. The fraction of sp³-hybridized carbons (Fsp3) is 0.333. The molecule has 4 rings (SSSR count). The first kappa shape index (κ1) is 22.8. The van der Waals surface area contributed by atoms with Crippen molar-refractivity contribution in [1.82, 2.24) is 5.32 Å². The van der Waals surface area contributed by atoms with Gasteiger partial charge in [0.15, 0.2) is 5.78 Å². The van der Waals surface area contributed by atoms with E-state index in [2.05, 4.69) is 5.32 Å². The highest BCUT2D eigenvalue weighted by Gasteiger charge is 2.41. The lowest BCUT2D eigenvalue weighted by atomic mass is 9.71. The van der Waals surface area contributed by atoms with Gasteiger partial charge >= 0.3 is 5.97 Å². The number of Topliss-reactive ketones (excluding diaryl/α,β-unsaturated/α-hetero) is 1. The van der Waals surface area contributed by atoms with Gasteiger partial charge in [0.05, 0.1) is 12.2 Å². The Hall–Kier alpha value is -3.41. The number of benzene rings is 2. The zero-order chi connectivity index (χ0) is 23.7. The quantitative estimate of drug-likeness (QED) is 0.665. The van der Waals surface area contributed by atoms with Crippen LogP contribution in [0.4, 0.5) is 10.1 Å². The number of anilines is 1. The van der Waals surface area contributed by atoms with E-state index in [9.17, 15) is 14.0 Å². The number of hydrogen-bond acceptors (Lipinski definition) is 5. The summed E-state index contributed by atoms with van der Waals surface area (Å²) in [5.74, 6) is -1.25. The average Bonchev–Trinajstić information content (AvgIpc) is 2.78. The first-order chi connectivity index (χ1) is 15.8. The van der Waals surface area contributed by atoms with E-state index in [1.54, 1.807) is 19.1 Å². The van der Waals surface area contributed by atoms with E-state index in [0.717, 1.165) is 22.5 Å². The minimum Gasteiger partial charge on any atom is -0.463 e. The summed E-state index contributed by atoms with van der Waals surface area (Å²) in [6, 6.07) is 14.3. The Kier molecular flexibility index (Phi) is 6.36. The van der Waals surface area contributed by atoms with Gasteiger partial charge in [0, 0.05) is 49.1 Å². The zero-order valence-corrected chi connectivity index (χ0v) is 19.4. The Labute approximate surface area is 193 Å². The SMILES string of the molecule is CCOC(=O)C1=C(C)NC2=C(C(=O)C[C@H](c3ccc(F)cc3)C2)[C@H]1c1ccc(N(C)C)cc1. The van der Waals surface area contributed by atoms with Crippen molar-refractivity contribution in [2.45, 2.75) is 38.5 Å². The third-order valence-electron chi connectivity index (χ3n) is 6.41. The molecule has 172 valence electrons. The van der Waals surface area contributed by atoms with E-state index in [0.29, 0.717) is 29.7 Å². The fourth-order valence-electron chi connectivity index (χ4n) is 4.79. The molecule has 0 radical (unpaired) electrons. The molecule has 2 aromatic carbocycles. The highest BCUT2D eigenvalue weighted by molar-refractivity contribution is 6.04. The number of halogens is 1. The van der Waals surface area contributed by atoms with E-state index < -0.39 is 11.9 Å². The van der Waals surface area contributed by atoms with Crippen molar-refractivity contribution < 1.29 is 18.7 Å². The van der Waals surface area contributed by atoms with Crippen molar-refractivity contribution in [3.8, 4) is 0 Å². The molecule has 2 aromatic rings. The number of nitrogens with one attached hydrogen (secondary N) is 1. The molecule has 0 unspecified atom stereocenters. The molecule has 0 fully saturated rings. The second-order valence-electron chi connectivity index (χ2n) is 8.78. The van der Waals surface area contributed by atoms with Crippen LogP contribution in [0.15, 0.2) is 71.1 Å². The minimum absolute atomic E-state index is 0.00550. The van der Waals surface area contributed by atoms with E-state index >= 15 is 0 Å². The van der Waals surface area contributed by atoms with Gasteiger partial charge < -0.3 is 15.0 Å². The molecule has 1 N–H and O–H groups in total. The number of hydrogen-bond donors (Lipinski definition) is 1. The Morgan fingerprint density at radius 1 is 1.06 bits per heavy atom. The summed E-state index contributed by atoms with van der Waals surface area (Å²) in [6.45, 7) is 3.88. The number of carbonyl (C=O) groups excluding carboxylic acids is 2. The van der Waals surface area contributed by atoms with Crippen molar-refractivity contribution in [3.63, 3.8) is 0 Å². The number of ether oxygens (including phenoxy) is 1. The summed E-state index contributed by atoms with van der Waals surface area (Å²) in [6.07, 6.45) is 0.931. The molecule has 1 aliphatic heterocycles.